The Morgan fingerprint density at radius 2 is 2.03 bits per heavy atom. The minimum atomic E-state index is -0.903. The first-order valence-electron chi connectivity index (χ1n) is 10.5. The van der Waals surface area contributed by atoms with Crippen molar-refractivity contribution in [2.75, 3.05) is 33.5 Å². The molecule has 0 aliphatic carbocycles. The van der Waals surface area contributed by atoms with Crippen LogP contribution in [0.1, 0.15) is 16.2 Å². The number of primary amides is 1. The predicted molar refractivity (Wildman–Crippen MR) is 119 cm³/mol. The topological polar surface area (TPSA) is 135 Å². The summed E-state index contributed by atoms with van der Waals surface area (Å²) in [4.78, 5) is 29.8. The zero-order chi connectivity index (χ0) is 24.2. The molecule has 2 aromatic carbocycles. The number of carbonyl (C=O) groups is 1. The van der Waals surface area contributed by atoms with Gasteiger partial charge in [0.1, 0.15) is 30.0 Å². The van der Waals surface area contributed by atoms with Gasteiger partial charge in [0.05, 0.1) is 39.0 Å². The average Bonchev–Trinajstić information content (AvgIpc) is 2.85. The lowest BCUT2D eigenvalue weighted by molar-refractivity contribution is -0.153. The highest BCUT2D eigenvalue weighted by molar-refractivity contribution is 5.93. The molecule has 4 rings (SSSR count). The quantitative estimate of drug-likeness (QED) is 0.492. The van der Waals surface area contributed by atoms with Crippen molar-refractivity contribution in [2.24, 2.45) is 5.73 Å². The predicted octanol–water partition coefficient (Wildman–Crippen LogP) is 0.846. The molecule has 10 nitrogen and oxygen atoms in total. The largest absolute Gasteiger partial charge is 0.497 e. The number of aliphatic hydroxyl groups is 1. The van der Waals surface area contributed by atoms with E-state index in [1.54, 1.807) is 24.3 Å². The molecule has 34 heavy (non-hydrogen) atoms. The van der Waals surface area contributed by atoms with Gasteiger partial charge in [-0.15, -0.1) is 0 Å². The number of nitrogens with two attached hydrogens (primary N) is 1. The Morgan fingerprint density at radius 3 is 2.71 bits per heavy atom. The van der Waals surface area contributed by atoms with Gasteiger partial charge < -0.3 is 29.8 Å². The van der Waals surface area contributed by atoms with Crippen LogP contribution in [0.4, 0.5) is 4.39 Å². The molecule has 1 aromatic heterocycles. The first-order valence-corrected chi connectivity index (χ1v) is 10.5. The number of methoxy groups -OCH3 is 1. The highest BCUT2D eigenvalue weighted by atomic mass is 19.1. The maximum Gasteiger partial charge on any atom is 0.284 e. The molecule has 0 radical (unpaired) electrons. The van der Waals surface area contributed by atoms with Crippen molar-refractivity contribution in [1.29, 1.82) is 0 Å². The fourth-order valence-corrected chi connectivity index (χ4v) is 3.64. The van der Waals surface area contributed by atoms with E-state index in [-0.39, 0.29) is 55.4 Å². The van der Waals surface area contributed by atoms with E-state index >= 15 is 0 Å². The molecular weight excluding hydrogens is 449 g/mol. The van der Waals surface area contributed by atoms with Crippen LogP contribution in [0.3, 0.4) is 0 Å². The lowest BCUT2D eigenvalue weighted by atomic mass is 10.1. The first kappa shape index (κ1) is 23.6. The standard InChI is InChI=1S/C23H24FN3O7/c1-31-14-4-2-3-13(7-14)8-27-22(21(25)29)26-18-6-5-17(24)20(19(18)23(27)30)34-12-16-11-32-15(9-28)10-33-16/h2-7,15-16,28H,8-12H2,1H3,(H2,25,29). The van der Waals surface area contributed by atoms with Crippen molar-refractivity contribution in [3.8, 4) is 11.5 Å². The Kier molecular flexibility index (Phi) is 7.06. The Balaban J connectivity index is 1.72. The number of fused-ring (bicyclic) bond motifs is 1. The number of aromatic nitrogens is 2. The number of rotatable bonds is 8. The Morgan fingerprint density at radius 1 is 1.26 bits per heavy atom. The van der Waals surface area contributed by atoms with Crippen molar-refractivity contribution < 1.29 is 33.2 Å². The Hall–Kier alpha value is -3.54. The molecule has 0 spiro atoms. The van der Waals surface area contributed by atoms with E-state index in [0.717, 1.165) is 10.6 Å². The second kappa shape index (κ2) is 10.2. The van der Waals surface area contributed by atoms with Crippen molar-refractivity contribution in [2.45, 2.75) is 18.8 Å². The van der Waals surface area contributed by atoms with E-state index in [0.29, 0.717) is 11.3 Å². The van der Waals surface area contributed by atoms with Crippen molar-refractivity contribution in [1.82, 2.24) is 9.55 Å². The number of carbonyl (C=O) groups excluding carboxylic acids is 1. The molecule has 3 N–H and O–H groups in total. The third-order valence-corrected chi connectivity index (χ3v) is 5.38. The van der Waals surface area contributed by atoms with E-state index in [1.165, 1.54) is 13.2 Å². The SMILES string of the molecule is COc1cccc(Cn2c(C(N)=O)nc3ccc(F)c(OCC4COC(CO)CO4)c3c2=O)c1. The van der Waals surface area contributed by atoms with Crippen LogP contribution in [0.5, 0.6) is 11.5 Å². The van der Waals surface area contributed by atoms with Crippen LogP contribution in [-0.2, 0) is 16.0 Å². The normalized spacial score (nSPS) is 18.1. The van der Waals surface area contributed by atoms with Crippen LogP contribution in [-0.4, -0.2) is 66.3 Å². The Bertz CT molecular complexity index is 1260. The number of nitrogens with zero attached hydrogens (tertiary/aromatic N) is 2. The zero-order valence-corrected chi connectivity index (χ0v) is 18.4. The van der Waals surface area contributed by atoms with E-state index in [9.17, 15) is 14.0 Å². The summed E-state index contributed by atoms with van der Waals surface area (Å²) in [5.41, 5.74) is 5.52. The van der Waals surface area contributed by atoms with Gasteiger partial charge in [-0.2, -0.15) is 0 Å². The second-order valence-corrected chi connectivity index (χ2v) is 7.72. The van der Waals surface area contributed by atoms with Crippen LogP contribution in [0, 0.1) is 5.82 Å². The van der Waals surface area contributed by atoms with E-state index in [2.05, 4.69) is 4.98 Å². The number of benzene rings is 2. The number of ether oxygens (including phenoxy) is 4. The van der Waals surface area contributed by atoms with Crippen LogP contribution in [0.15, 0.2) is 41.2 Å². The molecular formula is C23H24FN3O7. The molecule has 2 heterocycles. The maximum absolute atomic E-state index is 14.8. The number of aliphatic hydroxyl groups excluding tert-OH is 1. The van der Waals surface area contributed by atoms with Gasteiger partial charge >= 0.3 is 0 Å². The summed E-state index contributed by atoms with van der Waals surface area (Å²) in [6.07, 6.45) is -0.944. The van der Waals surface area contributed by atoms with Crippen molar-refractivity contribution in [3.05, 3.63) is 64.0 Å². The lowest BCUT2D eigenvalue weighted by Gasteiger charge is -2.28. The summed E-state index contributed by atoms with van der Waals surface area (Å²) >= 11 is 0. The molecule has 2 atom stereocenters. The lowest BCUT2D eigenvalue weighted by Crippen LogP contribution is -2.40. The van der Waals surface area contributed by atoms with Crippen molar-refractivity contribution in [3.63, 3.8) is 0 Å². The van der Waals surface area contributed by atoms with Gasteiger partial charge in [-0.3, -0.25) is 14.2 Å². The number of hydrogen-bond donors (Lipinski definition) is 2. The molecule has 1 amide bonds. The van der Waals surface area contributed by atoms with Gasteiger partial charge in [0.25, 0.3) is 11.5 Å². The van der Waals surface area contributed by atoms with Gasteiger partial charge in [-0.25, -0.2) is 9.37 Å². The van der Waals surface area contributed by atoms with Crippen LogP contribution < -0.4 is 20.8 Å². The summed E-state index contributed by atoms with van der Waals surface area (Å²) in [6.45, 7) is -0.0101. The summed E-state index contributed by atoms with van der Waals surface area (Å²) < 4.78 is 37.7. The minimum absolute atomic E-state index is 0.0463. The number of halogens is 1. The molecule has 0 bridgehead atoms. The van der Waals surface area contributed by atoms with Crippen LogP contribution >= 0.6 is 0 Å². The molecule has 0 saturated carbocycles. The summed E-state index contributed by atoms with van der Waals surface area (Å²) in [6, 6.07) is 9.30. The van der Waals surface area contributed by atoms with Gasteiger partial charge in [0.15, 0.2) is 11.6 Å². The zero-order valence-electron chi connectivity index (χ0n) is 18.4. The molecule has 11 heteroatoms. The third kappa shape index (κ3) is 4.86. The summed E-state index contributed by atoms with van der Waals surface area (Å²) in [5, 5.41) is 9.00. The summed E-state index contributed by atoms with van der Waals surface area (Å²) in [5.74, 6) is -1.68. The van der Waals surface area contributed by atoms with Gasteiger partial charge in [0.2, 0.25) is 5.82 Å². The third-order valence-electron chi connectivity index (χ3n) is 5.38. The van der Waals surface area contributed by atoms with Crippen LogP contribution in [0.25, 0.3) is 10.9 Å². The smallest absolute Gasteiger partial charge is 0.284 e. The minimum Gasteiger partial charge on any atom is -0.497 e. The van der Waals surface area contributed by atoms with E-state index in [4.69, 9.17) is 29.8 Å². The molecule has 180 valence electrons. The molecule has 1 fully saturated rings. The second-order valence-electron chi connectivity index (χ2n) is 7.72. The van der Waals surface area contributed by atoms with E-state index in [1.807, 2.05) is 0 Å². The van der Waals surface area contributed by atoms with Gasteiger partial charge in [-0.1, -0.05) is 12.1 Å². The molecule has 1 saturated heterocycles. The average molecular weight is 473 g/mol. The molecule has 1 aliphatic rings. The van der Waals surface area contributed by atoms with Gasteiger partial charge in [-0.05, 0) is 29.8 Å². The molecule has 3 aromatic rings. The highest BCUT2D eigenvalue weighted by Gasteiger charge is 2.25. The molecule has 2 unspecified atom stereocenters. The Labute approximate surface area is 193 Å². The molecule has 1 aliphatic heterocycles. The fraction of sp³-hybridized carbons (Fsp3) is 0.348. The number of hydrogen-bond acceptors (Lipinski definition) is 8. The first-order chi connectivity index (χ1) is 16.4. The van der Waals surface area contributed by atoms with Crippen LogP contribution in [0.2, 0.25) is 0 Å². The summed E-state index contributed by atoms with van der Waals surface area (Å²) in [7, 11) is 1.51. The van der Waals surface area contributed by atoms with Crippen molar-refractivity contribution >= 4 is 16.8 Å². The maximum atomic E-state index is 14.8. The number of amides is 1. The van der Waals surface area contributed by atoms with E-state index < -0.39 is 29.5 Å². The fourth-order valence-electron chi connectivity index (χ4n) is 3.64. The monoisotopic (exact) mass is 473 g/mol. The van der Waals surface area contributed by atoms with Gasteiger partial charge in [0, 0.05) is 0 Å². The highest BCUT2D eigenvalue weighted by Crippen LogP contribution is 2.26.